The first-order valence-corrected chi connectivity index (χ1v) is 8.23. The van der Waals surface area contributed by atoms with Gasteiger partial charge in [-0.15, -0.1) is 0 Å². The van der Waals surface area contributed by atoms with Crippen LogP contribution in [0.25, 0.3) is 0 Å². The predicted molar refractivity (Wildman–Crippen MR) is 94.6 cm³/mol. The van der Waals surface area contributed by atoms with Gasteiger partial charge in [-0.2, -0.15) is 0 Å². The fourth-order valence-electron chi connectivity index (χ4n) is 2.87. The van der Waals surface area contributed by atoms with E-state index >= 15 is 0 Å². The highest BCUT2D eigenvalue weighted by Crippen LogP contribution is 2.13. The standard InChI is InChI=1S/C18H21F2N5/c1-21-18(23-13-14-12-15(19)5-6-16(14)20)25-10-8-24(9-11-25)17-4-2-3-7-22-17/h2-7,12H,8-11,13H2,1H3,(H,21,23). The Labute approximate surface area is 146 Å². The van der Waals surface area contributed by atoms with E-state index in [1.54, 1.807) is 13.2 Å². The molecule has 0 atom stereocenters. The van der Waals surface area contributed by atoms with Gasteiger partial charge in [0.05, 0.1) is 0 Å². The molecule has 0 amide bonds. The molecule has 2 heterocycles. The van der Waals surface area contributed by atoms with Crippen LogP contribution >= 0.6 is 0 Å². The van der Waals surface area contributed by atoms with Crippen LogP contribution in [0.5, 0.6) is 0 Å². The van der Waals surface area contributed by atoms with Gasteiger partial charge in [-0.1, -0.05) is 6.07 Å². The van der Waals surface area contributed by atoms with Crippen molar-refractivity contribution in [3.8, 4) is 0 Å². The van der Waals surface area contributed by atoms with Crippen LogP contribution in [0.3, 0.4) is 0 Å². The highest BCUT2D eigenvalue weighted by atomic mass is 19.1. The van der Waals surface area contributed by atoms with E-state index in [1.165, 1.54) is 6.07 Å². The summed E-state index contributed by atoms with van der Waals surface area (Å²) in [5, 5.41) is 3.11. The number of halogens is 2. The number of hydrogen-bond acceptors (Lipinski definition) is 3. The molecule has 1 aliphatic rings. The Morgan fingerprint density at radius 1 is 1.16 bits per heavy atom. The molecule has 3 rings (SSSR count). The molecule has 1 aromatic carbocycles. The molecule has 1 fully saturated rings. The summed E-state index contributed by atoms with van der Waals surface area (Å²) in [6.45, 7) is 3.40. The molecule has 5 nitrogen and oxygen atoms in total. The molecule has 132 valence electrons. The van der Waals surface area contributed by atoms with Crippen LogP contribution in [-0.2, 0) is 6.54 Å². The second-order valence-corrected chi connectivity index (χ2v) is 5.80. The molecule has 7 heteroatoms. The van der Waals surface area contributed by atoms with E-state index < -0.39 is 11.6 Å². The Bertz CT molecular complexity index is 728. The number of piperazine rings is 1. The van der Waals surface area contributed by atoms with Crippen molar-refractivity contribution < 1.29 is 8.78 Å². The molecule has 0 bridgehead atoms. The highest BCUT2D eigenvalue weighted by Gasteiger charge is 2.20. The summed E-state index contributed by atoms with van der Waals surface area (Å²) in [6.07, 6.45) is 1.79. The van der Waals surface area contributed by atoms with Crippen molar-refractivity contribution in [2.75, 3.05) is 38.1 Å². The van der Waals surface area contributed by atoms with E-state index in [9.17, 15) is 8.78 Å². The Balaban J connectivity index is 1.57. The molecule has 1 N–H and O–H groups in total. The van der Waals surface area contributed by atoms with Gasteiger partial charge in [0.2, 0.25) is 0 Å². The van der Waals surface area contributed by atoms with Gasteiger partial charge >= 0.3 is 0 Å². The van der Waals surface area contributed by atoms with Crippen LogP contribution in [0.2, 0.25) is 0 Å². The number of anilines is 1. The first-order chi connectivity index (χ1) is 12.2. The largest absolute Gasteiger partial charge is 0.353 e. The third-order valence-corrected chi connectivity index (χ3v) is 4.21. The first-order valence-electron chi connectivity index (χ1n) is 8.23. The van der Waals surface area contributed by atoms with Crippen LogP contribution in [-0.4, -0.2) is 49.1 Å². The molecular weight excluding hydrogens is 324 g/mol. The quantitative estimate of drug-likeness (QED) is 0.685. The van der Waals surface area contributed by atoms with E-state index in [4.69, 9.17) is 0 Å². The number of pyridine rings is 1. The Kier molecular flexibility index (Phi) is 5.42. The van der Waals surface area contributed by atoms with E-state index in [0.717, 1.165) is 44.1 Å². The van der Waals surface area contributed by atoms with Gasteiger partial charge in [0, 0.05) is 51.5 Å². The van der Waals surface area contributed by atoms with Crippen LogP contribution in [0, 0.1) is 11.6 Å². The summed E-state index contributed by atoms with van der Waals surface area (Å²) in [7, 11) is 1.69. The lowest BCUT2D eigenvalue weighted by atomic mass is 10.2. The number of guanidine groups is 1. The van der Waals surface area contributed by atoms with Gasteiger partial charge in [-0.3, -0.25) is 4.99 Å². The number of hydrogen-bond donors (Lipinski definition) is 1. The van der Waals surface area contributed by atoms with Crippen molar-refractivity contribution in [3.63, 3.8) is 0 Å². The molecule has 0 aliphatic carbocycles. The van der Waals surface area contributed by atoms with Crippen molar-refractivity contribution in [3.05, 3.63) is 59.8 Å². The molecule has 0 unspecified atom stereocenters. The number of rotatable bonds is 3. The minimum absolute atomic E-state index is 0.191. The van der Waals surface area contributed by atoms with Gasteiger partial charge in [0.25, 0.3) is 0 Å². The van der Waals surface area contributed by atoms with E-state index in [2.05, 4.69) is 25.1 Å². The number of nitrogens with zero attached hydrogens (tertiary/aromatic N) is 4. The van der Waals surface area contributed by atoms with Gasteiger partial charge in [0.1, 0.15) is 17.5 Å². The number of aromatic nitrogens is 1. The minimum atomic E-state index is -0.447. The molecular formula is C18H21F2N5. The lowest BCUT2D eigenvalue weighted by Crippen LogP contribution is -2.52. The Morgan fingerprint density at radius 3 is 2.64 bits per heavy atom. The van der Waals surface area contributed by atoms with Gasteiger partial charge in [-0.25, -0.2) is 13.8 Å². The summed E-state index contributed by atoms with van der Waals surface area (Å²) in [4.78, 5) is 13.0. The van der Waals surface area contributed by atoms with Crippen LogP contribution < -0.4 is 10.2 Å². The maximum absolute atomic E-state index is 13.7. The number of benzene rings is 1. The molecule has 2 aromatic rings. The molecule has 0 spiro atoms. The number of nitrogens with one attached hydrogen (secondary N) is 1. The second kappa shape index (κ2) is 7.92. The summed E-state index contributed by atoms with van der Waals surface area (Å²) < 4.78 is 27.0. The third-order valence-electron chi connectivity index (χ3n) is 4.21. The molecule has 1 aromatic heterocycles. The summed E-state index contributed by atoms with van der Waals surface area (Å²) >= 11 is 0. The van der Waals surface area contributed by atoms with Crippen molar-refractivity contribution in [2.45, 2.75) is 6.54 Å². The van der Waals surface area contributed by atoms with Crippen LogP contribution in [0.4, 0.5) is 14.6 Å². The van der Waals surface area contributed by atoms with Crippen molar-refractivity contribution in [1.82, 2.24) is 15.2 Å². The van der Waals surface area contributed by atoms with Crippen molar-refractivity contribution >= 4 is 11.8 Å². The zero-order valence-electron chi connectivity index (χ0n) is 14.1. The monoisotopic (exact) mass is 345 g/mol. The van der Waals surface area contributed by atoms with Gasteiger partial charge in [-0.05, 0) is 30.3 Å². The minimum Gasteiger partial charge on any atom is -0.353 e. The second-order valence-electron chi connectivity index (χ2n) is 5.80. The average Bonchev–Trinajstić information content (AvgIpc) is 2.66. The summed E-state index contributed by atoms with van der Waals surface area (Å²) in [5.41, 5.74) is 0.285. The molecule has 25 heavy (non-hydrogen) atoms. The average molecular weight is 345 g/mol. The van der Waals surface area contributed by atoms with Crippen molar-refractivity contribution in [1.29, 1.82) is 0 Å². The molecule has 0 radical (unpaired) electrons. The molecule has 1 saturated heterocycles. The Morgan fingerprint density at radius 2 is 1.96 bits per heavy atom. The maximum Gasteiger partial charge on any atom is 0.194 e. The van der Waals surface area contributed by atoms with Gasteiger partial charge < -0.3 is 15.1 Å². The zero-order valence-corrected chi connectivity index (χ0v) is 14.1. The SMILES string of the molecule is CN=C(NCc1cc(F)ccc1F)N1CCN(c2ccccn2)CC1. The lowest BCUT2D eigenvalue weighted by molar-refractivity contribution is 0.371. The maximum atomic E-state index is 13.7. The lowest BCUT2D eigenvalue weighted by Gasteiger charge is -2.37. The Hall–Kier alpha value is -2.70. The highest BCUT2D eigenvalue weighted by molar-refractivity contribution is 5.80. The van der Waals surface area contributed by atoms with Crippen molar-refractivity contribution in [2.24, 2.45) is 4.99 Å². The van der Waals surface area contributed by atoms with E-state index in [-0.39, 0.29) is 12.1 Å². The van der Waals surface area contributed by atoms with E-state index in [1.807, 2.05) is 18.2 Å². The first kappa shape index (κ1) is 17.1. The van der Waals surface area contributed by atoms with Crippen LogP contribution in [0.1, 0.15) is 5.56 Å². The summed E-state index contributed by atoms with van der Waals surface area (Å²) in [6, 6.07) is 9.33. The van der Waals surface area contributed by atoms with E-state index in [0.29, 0.717) is 5.96 Å². The zero-order chi connectivity index (χ0) is 17.6. The molecule has 1 aliphatic heterocycles. The van der Waals surface area contributed by atoms with Crippen LogP contribution in [0.15, 0.2) is 47.6 Å². The normalized spacial score (nSPS) is 15.4. The fourth-order valence-corrected chi connectivity index (χ4v) is 2.87. The third kappa shape index (κ3) is 4.23. The predicted octanol–water partition coefficient (Wildman–Crippen LogP) is 2.26. The smallest absolute Gasteiger partial charge is 0.194 e. The molecule has 0 saturated carbocycles. The summed E-state index contributed by atoms with van der Waals surface area (Å²) in [5.74, 6) is 0.776. The van der Waals surface area contributed by atoms with Gasteiger partial charge in [0.15, 0.2) is 5.96 Å². The fraction of sp³-hybridized carbons (Fsp3) is 0.333. The number of aliphatic imine (C=N–C) groups is 1. The topological polar surface area (TPSA) is 43.8 Å².